The van der Waals surface area contributed by atoms with Crippen molar-refractivity contribution in [2.75, 3.05) is 18.5 Å². The van der Waals surface area contributed by atoms with Crippen LogP contribution in [0.3, 0.4) is 0 Å². The van der Waals surface area contributed by atoms with E-state index in [0.717, 1.165) is 37.6 Å². The molecule has 0 radical (unpaired) electrons. The van der Waals surface area contributed by atoms with Crippen LogP contribution >= 0.6 is 15.9 Å². The highest BCUT2D eigenvalue weighted by Gasteiger charge is 2.28. The van der Waals surface area contributed by atoms with Crippen molar-refractivity contribution in [1.29, 1.82) is 0 Å². The number of likely N-dealkylation sites (tertiary alicyclic amines) is 1. The quantitative estimate of drug-likeness (QED) is 0.577. The summed E-state index contributed by atoms with van der Waals surface area (Å²) < 4.78 is 5.16. The van der Waals surface area contributed by atoms with Crippen LogP contribution in [0.4, 0.5) is 4.79 Å². The monoisotopic (exact) mass is 263 g/mol. The number of carbonyl (C=O) groups is 1. The lowest BCUT2D eigenvalue weighted by molar-refractivity contribution is 0.0999. The minimum Gasteiger partial charge on any atom is -0.449 e. The maximum atomic E-state index is 11.6. The van der Waals surface area contributed by atoms with E-state index in [1.165, 1.54) is 0 Å². The van der Waals surface area contributed by atoms with Crippen molar-refractivity contribution >= 4 is 22.0 Å². The molecule has 1 saturated heterocycles. The summed E-state index contributed by atoms with van der Waals surface area (Å²) in [5.74, 6) is 0. The number of hydrogen-bond donors (Lipinski definition) is 0. The molecule has 0 saturated carbocycles. The molecule has 1 heterocycles. The third-order valence-corrected chi connectivity index (χ3v) is 3.26. The zero-order chi connectivity index (χ0) is 10.4. The fraction of sp³-hybridized carbons (Fsp3) is 0.900. The van der Waals surface area contributed by atoms with Crippen LogP contribution in [0.15, 0.2) is 0 Å². The second-order valence-electron chi connectivity index (χ2n) is 3.61. The van der Waals surface area contributed by atoms with Gasteiger partial charge >= 0.3 is 6.09 Å². The van der Waals surface area contributed by atoms with Crippen LogP contribution in [0.25, 0.3) is 0 Å². The Kier molecular flexibility index (Phi) is 5.30. The molecule has 0 N–H and O–H groups in total. The zero-order valence-corrected chi connectivity index (χ0v) is 10.3. The van der Waals surface area contributed by atoms with Crippen molar-refractivity contribution in [3.8, 4) is 0 Å². The lowest BCUT2D eigenvalue weighted by Crippen LogP contribution is -2.37. The Balaban J connectivity index is 2.28. The third-order valence-electron chi connectivity index (χ3n) is 2.51. The summed E-state index contributed by atoms with van der Waals surface area (Å²) in [4.78, 5) is 13.4. The van der Waals surface area contributed by atoms with Gasteiger partial charge in [0.25, 0.3) is 0 Å². The summed E-state index contributed by atoms with van der Waals surface area (Å²) in [6, 6.07) is 0.337. The van der Waals surface area contributed by atoms with Gasteiger partial charge in [-0.1, -0.05) is 29.3 Å². The van der Waals surface area contributed by atoms with Crippen LogP contribution in [0, 0.1) is 0 Å². The highest BCUT2D eigenvalue weighted by molar-refractivity contribution is 9.09. The Morgan fingerprint density at radius 3 is 3.07 bits per heavy atom. The minimum atomic E-state index is -0.139. The predicted molar refractivity (Wildman–Crippen MR) is 59.8 cm³/mol. The van der Waals surface area contributed by atoms with Crippen molar-refractivity contribution < 1.29 is 9.53 Å². The fourth-order valence-corrected chi connectivity index (χ4v) is 2.30. The average molecular weight is 264 g/mol. The lowest BCUT2D eigenvalue weighted by Gasteiger charge is -2.22. The number of amides is 1. The number of unbranched alkanes of at least 4 members (excludes halogenated alkanes) is 1. The van der Waals surface area contributed by atoms with Gasteiger partial charge in [0.2, 0.25) is 0 Å². The molecule has 1 amide bonds. The van der Waals surface area contributed by atoms with Crippen LogP contribution in [0.5, 0.6) is 0 Å². The summed E-state index contributed by atoms with van der Waals surface area (Å²) in [5, 5.41) is 0.857. The molecule has 14 heavy (non-hydrogen) atoms. The van der Waals surface area contributed by atoms with Crippen molar-refractivity contribution in [2.24, 2.45) is 0 Å². The Labute approximate surface area is 93.9 Å². The topological polar surface area (TPSA) is 29.5 Å². The Morgan fingerprint density at radius 2 is 2.43 bits per heavy atom. The fourth-order valence-electron chi connectivity index (χ4n) is 1.62. The normalized spacial score (nSPS) is 21.3. The maximum absolute atomic E-state index is 11.6. The van der Waals surface area contributed by atoms with Gasteiger partial charge in [0.1, 0.15) is 0 Å². The first-order valence-electron chi connectivity index (χ1n) is 5.29. The molecule has 1 fully saturated rings. The molecule has 0 aliphatic carbocycles. The van der Waals surface area contributed by atoms with Crippen LogP contribution in [0.1, 0.15) is 32.6 Å². The Bertz CT molecular complexity index is 187. The van der Waals surface area contributed by atoms with E-state index in [9.17, 15) is 4.79 Å². The van der Waals surface area contributed by atoms with Gasteiger partial charge in [-0.05, 0) is 19.3 Å². The number of rotatable bonds is 4. The second kappa shape index (κ2) is 6.27. The van der Waals surface area contributed by atoms with Crippen LogP contribution in [0.2, 0.25) is 0 Å². The molecule has 1 aliphatic rings. The highest BCUT2D eigenvalue weighted by atomic mass is 79.9. The first-order chi connectivity index (χ1) is 6.79. The Morgan fingerprint density at radius 1 is 1.64 bits per heavy atom. The van der Waals surface area contributed by atoms with Gasteiger partial charge in [0, 0.05) is 17.9 Å². The van der Waals surface area contributed by atoms with E-state index in [0.29, 0.717) is 12.6 Å². The molecule has 4 heteroatoms. The lowest BCUT2D eigenvalue weighted by atomic mass is 10.2. The van der Waals surface area contributed by atoms with Gasteiger partial charge < -0.3 is 9.64 Å². The largest absolute Gasteiger partial charge is 0.449 e. The molecule has 82 valence electrons. The van der Waals surface area contributed by atoms with Gasteiger partial charge in [-0.15, -0.1) is 0 Å². The first-order valence-corrected chi connectivity index (χ1v) is 6.41. The highest BCUT2D eigenvalue weighted by Crippen LogP contribution is 2.19. The molecule has 0 aromatic carbocycles. The third kappa shape index (κ3) is 3.15. The molecule has 1 rings (SSSR count). The standard InChI is InChI=1S/C10H18BrNO2/c1-2-3-7-14-10(13)12-6-4-5-9(12)8-11/h9H,2-8H2,1H3. The number of alkyl halides is 1. The van der Waals surface area contributed by atoms with Gasteiger partial charge in [0.05, 0.1) is 6.61 Å². The van der Waals surface area contributed by atoms with Crippen molar-refractivity contribution in [2.45, 2.75) is 38.6 Å². The molecular formula is C10H18BrNO2. The van der Waals surface area contributed by atoms with E-state index in [1.54, 1.807) is 0 Å². The molecule has 1 atom stereocenters. The molecule has 3 nitrogen and oxygen atoms in total. The average Bonchev–Trinajstić information content (AvgIpc) is 2.65. The molecule has 0 bridgehead atoms. The Hall–Kier alpha value is -0.250. The molecule has 1 unspecified atom stereocenters. The van der Waals surface area contributed by atoms with Gasteiger partial charge in [0.15, 0.2) is 0 Å². The molecule has 1 aliphatic heterocycles. The minimum absolute atomic E-state index is 0.139. The first kappa shape index (κ1) is 11.8. The predicted octanol–water partition coefficient (Wildman–Crippen LogP) is 2.78. The SMILES string of the molecule is CCCCOC(=O)N1CCCC1CBr. The second-order valence-corrected chi connectivity index (χ2v) is 4.26. The number of carbonyl (C=O) groups excluding carboxylic acids is 1. The van der Waals surface area contributed by atoms with E-state index < -0.39 is 0 Å². The van der Waals surface area contributed by atoms with Crippen LogP contribution in [-0.4, -0.2) is 35.5 Å². The van der Waals surface area contributed by atoms with E-state index in [1.807, 2.05) is 4.90 Å². The summed E-state index contributed by atoms with van der Waals surface area (Å²) in [5.41, 5.74) is 0. The van der Waals surface area contributed by atoms with Crippen molar-refractivity contribution in [3.05, 3.63) is 0 Å². The number of nitrogens with zero attached hydrogens (tertiary/aromatic N) is 1. The molecule has 0 aromatic rings. The van der Waals surface area contributed by atoms with Gasteiger partial charge in [-0.3, -0.25) is 0 Å². The van der Waals surface area contributed by atoms with Gasteiger partial charge in [-0.2, -0.15) is 0 Å². The van der Waals surface area contributed by atoms with E-state index in [2.05, 4.69) is 22.9 Å². The molecule has 0 aromatic heterocycles. The number of hydrogen-bond acceptors (Lipinski definition) is 2. The van der Waals surface area contributed by atoms with Crippen LogP contribution < -0.4 is 0 Å². The molecular weight excluding hydrogens is 246 g/mol. The number of halogens is 1. The van der Waals surface area contributed by atoms with Crippen molar-refractivity contribution in [1.82, 2.24) is 4.90 Å². The smallest absolute Gasteiger partial charge is 0.410 e. The van der Waals surface area contributed by atoms with E-state index in [-0.39, 0.29) is 6.09 Å². The van der Waals surface area contributed by atoms with E-state index >= 15 is 0 Å². The summed E-state index contributed by atoms with van der Waals surface area (Å²) in [6.07, 6.45) is 4.07. The van der Waals surface area contributed by atoms with Crippen LogP contribution in [-0.2, 0) is 4.74 Å². The summed E-state index contributed by atoms with van der Waals surface area (Å²) >= 11 is 3.42. The van der Waals surface area contributed by atoms with Gasteiger partial charge in [-0.25, -0.2) is 4.79 Å². The summed E-state index contributed by atoms with van der Waals surface area (Å²) in [7, 11) is 0. The van der Waals surface area contributed by atoms with Crippen molar-refractivity contribution in [3.63, 3.8) is 0 Å². The number of ether oxygens (including phenoxy) is 1. The molecule has 0 spiro atoms. The zero-order valence-electron chi connectivity index (χ0n) is 8.67. The maximum Gasteiger partial charge on any atom is 0.410 e. The van der Waals surface area contributed by atoms with E-state index in [4.69, 9.17) is 4.74 Å². The summed E-state index contributed by atoms with van der Waals surface area (Å²) in [6.45, 7) is 3.49.